The van der Waals surface area contributed by atoms with Gasteiger partial charge in [0.2, 0.25) is 0 Å². The zero-order valence-electron chi connectivity index (χ0n) is 10.1. The zero-order chi connectivity index (χ0) is 14.9. The fraction of sp³-hybridized carbons (Fsp3) is 0.0833. The van der Waals surface area contributed by atoms with Crippen molar-refractivity contribution in [2.45, 2.75) is 5.16 Å². The normalized spacial score (nSPS) is 10.3. The van der Waals surface area contributed by atoms with Crippen LogP contribution in [0.25, 0.3) is 11.3 Å². The SMILES string of the molecule is CSc1nc(-c2c(F)ccc(O)c2F)c(C#N)c(=O)[nH]1. The summed E-state index contributed by atoms with van der Waals surface area (Å²) in [5.74, 6) is -3.09. The van der Waals surface area contributed by atoms with Gasteiger partial charge < -0.3 is 10.1 Å². The lowest BCUT2D eigenvalue weighted by Gasteiger charge is -2.08. The van der Waals surface area contributed by atoms with Crippen molar-refractivity contribution in [3.8, 4) is 23.1 Å². The second kappa shape index (κ2) is 5.30. The summed E-state index contributed by atoms with van der Waals surface area (Å²) in [6.45, 7) is 0. The quantitative estimate of drug-likeness (QED) is 0.653. The smallest absolute Gasteiger partial charge is 0.270 e. The third-order valence-electron chi connectivity index (χ3n) is 2.51. The van der Waals surface area contributed by atoms with Gasteiger partial charge in [0.15, 0.2) is 16.7 Å². The maximum Gasteiger partial charge on any atom is 0.270 e. The summed E-state index contributed by atoms with van der Waals surface area (Å²) in [6, 6.07) is 3.22. The molecule has 0 aliphatic heterocycles. The highest BCUT2D eigenvalue weighted by Crippen LogP contribution is 2.31. The first-order chi connectivity index (χ1) is 9.49. The van der Waals surface area contributed by atoms with Gasteiger partial charge in [-0.15, -0.1) is 0 Å². The molecule has 0 saturated heterocycles. The van der Waals surface area contributed by atoms with E-state index in [4.69, 9.17) is 5.26 Å². The number of phenols is 1. The molecule has 0 aliphatic rings. The molecule has 0 atom stereocenters. The first-order valence-corrected chi connectivity index (χ1v) is 6.47. The van der Waals surface area contributed by atoms with Crippen molar-refractivity contribution in [2.24, 2.45) is 0 Å². The van der Waals surface area contributed by atoms with Crippen molar-refractivity contribution < 1.29 is 13.9 Å². The minimum absolute atomic E-state index is 0.103. The average Bonchev–Trinajstić information content (AvgIpc) is 2.43. The molecule has 0 aliphatic carbocycles. The Hall–Kier alpha value is -2.40. The summed E-state index contributed by atoms with van der Waals surface area (Å²) in [7, 11) is 0. The van der Waals surface area contributed by atoms with Crippen LogP contribution in [0.15, 0.2) is 22.1 Å². The number of halogens is 2. The molecule has 0 bridgehead atoms. The van der Waals surface area contributed by atoms with E-state index in [1.54, 1.807) is 12.3 Å². The van der Waals surface area contributed by atoms with E-state index >= 15 is 0 Å². The Labute approximate surface area is 115 Å². The van der Waals surface area contributed by atoms with Gasteiger partial charge in [-0.1, -0.05) is 11.8 Å². The minimum atomic E-state index is -1.27. The predicted octanol–water partition coefficient (Wildman–Crippen LogP) is 2.01. The maximum absolute atomic E-state index is 13.9. The van der Waals surface area contributed by atoms with Crippen molar-refractivity contribution in [1.29, 1.82) is 5.26 Å². The number of nitriles is 1. The second-order valence-electron chi connectivity index (χ2n) is 3.67. The summed E-state index contributed by atoms with van der Waals surface area (Å²) in [5.41, 5.74) is -2.47. The number of hydrogen-bond donors (Lipinski definition) is 2. The molecule has 1 aromatic heterocycles. The van der Waals surface area contributed by atoms with Gasteiger partial charge in [-0.3, -0.25) is 4.79 Å². The standard InChI is InChI=1S/C12H7F2N3O2S/c1-20-12-16-10(5(4-15)11(19)17-12)8-6(13)2-3-7(18)9(8)14/h2-3,18H,1H3,(H,16,17,19). The van der Waals surface area contributed by atoms with E-state index in [-0.39, 0.29) is 5.16 Å². The molecule has 102 valence electrons. The molecule has 5 nitrogen and oxygen atoms in total. The molecule has 0 amide bonds. The van der Waals surface area contributed by atoms with E-state index < -0.39 is 39.8 Å². The number of benzene rings is 1. The summed E-state index contributed by atoms with van der Waals surface area (Å²) < 4.78 is 27.7. The molecule has 8 heteroatoms. The third kappa shape index (κ3) is 2.23. The van der Waals surface area contributed by atoms with E-state index in [9.17, 15) is 18.7 Å². The molecule has 2 rings (SSSR count). The predicted molar refractivity (Wildman–Crippen MR) is 68.4 cm³/mol. The highest BCUT2D eigenvalue weighted by atomic mass is 32.2. The molecular weight excluding hydrogens is 288 g/mol. The largest absolute Gasteiger partial charge is 0.505 e. The van der Waals surface area contributed by atoms with Crippen molar-refractivity contribution >= 4 is 11.8 Å². The van der Waals surface area contributed by atoms with E-state index in [2.05, 4.69) is 9.97 Å². The molecule has 0 saturated carbocycles. The number of aromatic amines is 1. The fourth-order valence-electron chi connectivity index (χ4n) is 1.59. The van der Waals surface area contributed by atoms with Gasteiger partial charge in [-0.2, -0.15) is 5.26 Å². The maximum atomic E-state index is 13.9. The molecule has 2 aromatic rings. The van der Waals surface area contributed by atoms with Crippen LogP contribution in [0.4, 0.5) is 8.78 Å². The van der Waals surface area contributed by atoms with Crippen LogP contribution >= 0.6 is 11.8 Å². The van der Waals surface area contributed by atoms with Crippen LogP contribution in [0, 0.1) is 23.0 Å². The number of nitrogens with one attached hydrogen (secondary N) is 1. The van der Waals surface area contributed by atoms with Gasteiger partial charge >= 0.3 is 0 Å². The Kier molecular flexibility index (Phi) is 3.72. The average molecular weight is 295 g/mol. The fourth-order valence-corrected chi connectivity index (χ4v) is 1.97. The molecule has 0 fully saturated rings. The molecule has 0 unspecified atom stereocenters. The lowest BCUT2D eigenvalue weighted by Crippen LogP contribution is -2.15. The molecule has 2 N–H and O–H groups in total. The molecular formula is C12H7F2N3O2S. The number of phenolic OH excluding ortho intramolecular Hbond substituents is 1. The zero-order valence-corrected chi connectivity index (χ0v) is 10.9. The Bertz CT molecular complexity index is 783. The second-order valence-corrected chi connectivity index (χ2v) is 4.46. The summed E-state index contributed by atoms with van der Waals surface area (Å²) in [5, 5.41) is 18.4. The van der Waals surface area contributed by atoms with Gasteiger partial charge in [0.05, 0.1) is 5.56 Å². The van der Waals surface area contributed by atoms with Crippen LogP contribution in [-0.4, -0.2) is 21.3 Å². The van der Waals surface area contributed by atoms with Crippen LogP contribution in [0.3, 0.4) is 0 Å². The summed E-state index contributed by atoms with van der Waals surface area (Å²) in [6.07, 6.45) is 1.60. The Morgan fingerprint density at radius 3 is 2.75 bits per heavy atom. The highest BCUT2D eigenvalue weighted by molar-refractivity contribution is 7.98. The number of H-pyrrole nitrogens is 1. The lowest BCUT2D eigenvalue weighted by atomic mass is 10.1. The molecule has 1 aromatic carbocycles. The molecule has 20 heavy (non-hydrogen) atoms. The van der Waals surface area contributed by atoms with Crippen LogP contribution in [0.5, 0.6) is 5.75 Å². The summed E-state index contributed by atoms with van der Waals surface area (Å²) in [4.78, 5) is 17.8. The van der Waals surface area contributed by atoms with E-state index in [0.717, 1.165) is 23.9 Å². The van der Waals surface area contributed by atoms with Gasteiger partial charge in [0, 0.05) is 0 Å². The van der Waals surface area contributed by atoms with Gasteiger partial charge in [0.25, 0.3) is 5.56 Å². The van der Waals surface area contributed by atoms with Crippen molar-refractivity contribution in [3.63, 3.8) is 0 Å². The van der Waals surface area contributed by atoms with Crippen molar-refractivity contribution in [1.82, 2.24) is 9.97 Å². The molecule has 0 spiro atoms. The molecule has 1 heterocycles. The number of hydrogen-bond acceptors (Lipinski definition) is 5. The minimum Gasteiger partial charge on any atom is -0.505 e. The number of thioether (sulfide) groups is 1. The number of rotatable bonds is 2. The van der Waals surface area contributed by atoms with Gasteiger partial charge in [-0.25, -0.2) is 13.8 Å². The number of nitrogens with zero attached hydrogens (tertiary/aromatic N) is 2. The number of aromatic nitrogens is 2. The van der Waals surface area contributed by atoms with Gasteiger partial charge in [0.1, 0.15) is 23.1 Å². The van der Waals surface area contributed by atoms with E-state index in [1.165, 1.54) is 0 Å². The van der Waals surface area contributed by atoms with Crippen LogP contribution < -0.4 is 5.56 Å². The Morgan fingerprint density at radius 2 is 2.15 bits per heavy atom. The highest BCUT2D eigenvalue weighted by Gasteiger charge is 2.22. The van der Waals surface area contributed by atoms with Crippen molar-refractivity contribution in [3.05, 3.63) is 39.7 Å². The van der Waals surface area contributed by atoms with Gasteiger partial charge in [-0.05, 0) is 18.4 Å². The third-order valence-corrected chi connectivity index (χ3v) is 3.09. The van der Waals surface area contributed by atoms with Crippen molar-refractivity contribution in [2.75, 3.05) is 6.26 Å². The summed E-state index contributed by atoms with van der Waals surface area (Å²) >= 11 is 1.04. The van der Waals surface area contributed by atoms with Crippen LogP contribution in [0.1, 0.15) is 5.56 Å². The topological polar surface area (TPSA) is 89.8 Å². The van der Waals surface area contributed by atoms with E-state index in [1.807, 2.05) is 0 Å². The lowest BCUT2D eigenvalue weighted by molar-refractivity contribution is 0.429. The van der Waals surface area contributed by atoms with Crippen LogP contribution in [-0.2, 0) is 0 Å². The Balaban J connectivity index is 2.89. The van der Waals surface area contributed by atoms with E-state index in [0.29, 0.717) is 0 Å². The Morgan fingerprint density at radius 1 is 1.45 bits per heavy atom. The first kappa shape index (κ1) is 14.0. The van der Waals surface area contributed by atoms with Crippen LogP contribution in [0.2, 0.25) is 0 Å². The monoisotopic (exact) mass is 295 g/mol. The number of aromatic hydroxyl groups is 1. The first-order valence-electron chi connectivity index (χ1n) is 5.25. The molecule has 0 radical (unpaired) electrons.